The van der Waals surface area contributed by atoms with Gasteiger partial charge in [-0.1, -0.05) is 6.92 Å². The van der Waals surface area contributed by atoms with E-state index in [1.54, 1.807) is 6.92 Å². The van der Waals surface area contributed by atoms with Crippen LogP contribution in [0, 0.1) is 0 Å². The second-order valence-corrected chi connectivity index (χ2v) is 3.71. The molecule has 76 valence electrons. The Hall–Kier alpha value is -0.610. The van der Waals surface area contributed by atoms with Crippen LogP contribution < -0.4 is 11.1 Å². The summed E-state index contributed by atoms with van der Waals surface area (Å²) in [5.41, 5.74) is 5.31. The average Bonchev–Trinajstić information content (AvgIpc) is 2.54. The van der Waals surface area contributed by atoms with Crippen LogP contribution in [0.2, 0.25) is 0 Å². The number of amides is 1. The van der Waals surface area contributed by atoms with E-state index in [1.807, 2.05) is 0 Å². The van der Waals surface area contributed by atoms with Crippen LogP contribution in [-0.4, -0.2) is 30.7 Å². The van der Waals surface area contributed by atoms with Gasteiger partial charge in [0.15, 0.2) is 0 Å². The van der Waals surface area contributed by atoms with Crippen molar-refractivity contribution < 1.29 is 9.53 Å². The smallest absolute Gasteiger partial charge is 0.237 e. The molecule has 1 amide bonds. The van der Waals surface area contributed by atoms with Crippen molar-refractivity contribution >= 4 is 5.91 Å². The molecule has 0 spiro atoms. The molecule has 2 atom stereocenters. The lowest BCUT2D eigenvalue weighted by Crippen LogP contribution is -2.53. The van der Waals surface area contributed by atoms with Gasteiger partial charge in [0, 0.05) is 6.61 Å². The zero-order valence-electron chi connectivity index (χ0n) is 8.30. The Morgan fingerprint density at radius 3 is 2.85 bits per heavy atom. The molecule has 1 saturated heterocycles. The molecule has 13 heavy (non-hydrogen) atoms. The number of nitrogens with one attached hydrogen (secondary N) is 1. The Labute approximate surface area is 78.8 Å². The number of hydrogen-bond donors (Lipinski definition) is 2. The largest absolute Gasteiger partial charge is 0.379 e. The summed E-state index contributed by atoms with van der Waals surface area (Å²) in [6, 6.07) is -0.441. The molecule has 1 aliphatic heterocycles. The maximum Gasteiger partial charge on any atom is 0.237 e. The molecular formula is C9H18N2O2. The molecule has 0 saturated carbocycles. The van der Waals surface area contributed by atoms with Gasteiger partial charge in [0.1, 0.15) is 0 Å². The fraction of sp³-hybridized carbons (Fsp3) is 0.889. The predicted octanol–water partition coefficient (Wildman–Crippen LogP) is 0.0189. The third-order valence-corrected chi connectivity index (χ3v) is 2.58. The summed E-state index contributed by atoms with van der Waals surface area (Å²) in [5.74, 6) is -0.0904. The summed E-state index contributed by atoms with van der Waals surface area (Å²) >= 11 is 0. The van der Waals surface area contributed by atoms with Crippen molar-refractivity contribution in [1.29, 1.82) is 0 Å². The Balaban J connectivity index is 2.53. The summed E-state index contributed by atoms with van der Waals surface area (Å²) in [5, 5.41) is 2.95. The normalized spacial score (nSPS) is 30.1. The monoisotopic (exact) mass is 186 g/mol. The van der Waals surface area contributed by atoms with Crippen LogP contribution in [-0.2, 0) is 9.53 Å². The van der Waals surface area contributed by atoms with E-state index in [0.29, 0.717) is 6.61 Å². The fourth-order valence-electron chi connectivity index (χ4n) is 1.45. The maximum atomic E-state index is 11.4. The molecule has 2 unspecified atom stereocenters. The number of carbonyl (C=O) groups is 1. The Bertz CT molecular complexity index is 186. The minimum Gasteiger partial charge on any atom is -0.379 e. The Morgan fingerprint density at radius 1 is 1.77 bits per heavy atom. The predicted molar refractivity (Wildman–Crippen MR) is 50.3 cm³/mol. The summed E-state index contributed by atoms with van der Waals surface area (Å²) in [7, 11) is 0. The lowest BCUT2D eigenvalue weighted by Gasteiger charge is -2.28. The van der Waals surface area contributed by atoms with Crippen molar-refractivity contribution in [3.05, 3.63) is 0 Å². The number of rotatable bonds is 3. The summed E-state index contributed by atoms with van der Waals surface area (Å²) in [6.45, 7) is 5.08. The summed E-state index contributed by atoms with van der Waals surface area (Å²) in [6.07, 6.45) is 1.79. The first-order chi connectivity index (χ1) is 6.09. The third kappa shape index (κ3) is 2.42. The standard InChI is InChI=1S/C9H18N2O2/c1-3-9(4-5-13-6-9)11-8(12)7(2)10/h7H,3-6,10H2,1-2H3,(H,11,12). The summed E-state index contributed by atoms with van der Waals surface area (Å²) < 4.78 is 5.28. The number of hydrogen-bond acceptors (Lipinski definition) is 3. The van der Waals surface area contributed by atoms with Gasteiger partial charge in [-0.05, 0) is 19.8 Å². The molecule has 4 heteroatoms. The molecule has 0 bridgehead atoms. The van der Waals surface area contributed by atoms with Gasteiger partial charge in [-0.2, -0.15) is 0 Å². The van der Waals surface area contributed by atoms with Gasteiger partial charge in [-0.3, -0.25) is 4.79 Å². The quantitative estimate of drug-likeness (QED) is 0.653. The van der Waals surface area contributed by atoms with Gasteiger partial charge in [0.25, 0.3) is 0 Å². The lowest BCUT2D eigenvalue weighted by molar-refractivity contribution is -0.124. The van der Waals surface area contributed by atoms with Crippen LogP contribution in [0.5, 0.6) is 0 Å². The van der Waals surface area contributed by atoms with Crippen molar-refractivity contribution in [3.8, 4) is 0 Å². The molecule has 0 aromatic rings. The van der Waals surface area contributed by atoms with Crippen molar-refractivity contribution in [3.63, 3.8) is 0 Å². The van der Waals surface area contributed by atoms with Crippen LogP contribution in [0.15, 0.2) is 0 Å². The van der Waals surface area contributed by atoms with Gasteiger partial charge >= 0.3 is 0 Å². The molecule has 0 radical (unpaired) electrons. The van der Waals surface area contributed by atoms with Crippen LogP contribution in [0.3, 0.4) is 0 Å². The van der Waals surface area contributed by atoms with Crippen molar-refractivity contribution in [2.75, 3.05) is 13.2 Å². The first kappa shape index (κ1) is 10.5. The number of ether oxygens (including phenoxy) is 1. The van der Waals surface area contributed by atoms with E-state index in [9.17, 15) is 4.79 Å². The highest BCUT2D eigenvalue weighted by Gasteiger charge is 2.34. The van der Waals surface area contributed by atoms with Crippen LogP contribution in [0.4, 0.5) is 0 Å². The Morgan fingerprint density at radius 2 is 2.46 bits per heavy atom. The lowest BCUT2D eigenvalue weighted by atomic mass is 9.95. The highest BCUT2D eigenvalue weighted by atomic mass is 16.5. The van der Waals surface area contributed by atoms with E-state index in [4.69, 9.17) is 10.5 Å². The topological polar surface area (TPSA) is 64.4 Å². The molecule has 0 aliphatic carbocycles. The zero-order chi connectivity index (χ0) is 9.90. The molecular weight excluding hydrogens is 168 g/mol. The second-order valence-electron chi connectivity index (χ2n) is 3.71. The molecule has 0 aromatic heterocycles. The van der Waals surface area contributed by atoms with E-state index in [1.165, 1.54) is 0 Å². The van der Waals surface area contributed by atoms with Gasteiger partial charge in [-0.15, -0.1) is 0 Å². The molecule has 3 N–H and O–H groups in total. The van der Waals surface area contributed by atoms with E-state index in [-0.39, 0.29) is 11.4 Å². The number of carbonyl (C=O) groups excluding carboxylic acids is 1. The molecule has 1 heterocycles. The van der Waals surface area contributed by atoms with Crippen LogP contribution in [0.25, 0.3) is 0 Å². The average molecular weight is 186 g/mol. The fourth-order valence-corrected chi connectivity index (χ4v) is 1.45. The van der Waals surface area contributed by atoms with Gasteiger partial charge in [0.05, 0.1) is 18.2 Å². The first-order valence-corrected chi connectivity index (χ1v) is 4.75. The molecule has 1 rings (SSSR count). The highest BCUT2D eigenvalue weighted by Crippen LogP contribution is 2.21. The first-order valence-electron chi connectivity index (χ1n) is 4.75. The summed E-state index contributed by atoms with van der Waals surface area (Å²) in [4.78, 5) is 11.4. The SMILES string of the molecule is CCC1(NC(=O)C(C)N)CCOC1. The maximum absolute atomic E-state index is 11.4. The number of nitrogens with two attached hydrogens (primary N) is 1. The molecule has 0 aromatic carbocycles. The van der Waals surface area contributed by atoms with Crippen molar-refractivity contribution in [2.45, 2.75) is 38.3 Å². The van der Waals surface area contributed by atoms with Gasteiger partial charge in [0.2, 0.25) is 5.91 Å². The van der Waals surface area contributed by atoms with E-state index >= 15 is 0 Å². The van der Waals surface area contributed by atoms with Crippen molar-refractivity contribution in [2.24, 2.45) is 5.73 Å². The highest BCUT2D eigenvalue weighted by molar-refractivity contribution is 5.81. The van der Waals surface area contributed by atoms with Gasteiger partial charge in [-0.25, -0.2) is 0 Å². The Kier molecular flexibility index (Phi) is 3.27. The molecule has 1 fully saturated rings. The van der Waals surface area contributed by atoms with E-state index in [2.05, 4.69) is 12.2 Å². The molecule has 4 nitrogen and oxygen atoms in total. The van der Waals surface area contributed by atoms with Crippen LogP contribution in [0.1, 0.15) is 26.7 Å². The van der Waals surface area contributed by atoms with Crippen molar-refractivity contribution in [1.82, 2.24) is 5.32 Å². The van der Waals surface area contributed by atoms with Gasteiger partial charge < -0.3 is 15.8 Å². The minimum absolute atomic E-state index is 0.0904. The van der Waals surface area contributed by atoms with E-state index in [0.717, 1.165) is 19.4 Å². The second kappa shape index (κ2) is 4.07. The molecule has 1 aliphatic rings. The van der Waals surface area contributed by atoms with Crippen LogP contribution >= 0.6 is 0 Å². The van der Waals surface area contributed by atoms with E-state index < -0.39 is 6.04 Å². The minimum atomic E-state index is -0.441. The zero-order valence-corrected chi connectivity index (χ0v) is 8.30. The third-order valence-electron chi connectivity index (χ3n) is 2.58.